The normalized spacial score (nSPS) is 27.0. The Kier molecular flexibility index (Phi) is 5.20. The molecule has 1 aliphatic heterocycles. The molecule has 3 unspecified atom stereocenters. The summed E-state index contributed by atoms with van der Waals surface area (Å²) in [6, 6.07) is 5.42. The Balaban J connectivity index is 1.51. The molecule has 1 aromatic heterocycles. The van der Waals surface area contributed by atoms with Crippen LogP contribution in [0.4, 0.5) is 0 Å². The highest BCUT2D eigenvalue weighted by atomic mass is 32.2. The number of pyridine rings is 1. The predicted molar refractivity (Wildman–Crippen MR) is 91.4 cm³/mol. The van der Waals surface area contributed by atoms with Crippen LogP contribution in [-0.2, 0) is 21.4 Å². The second-order valence-electron chi connectivity index (χ2n) is 7.04. The highest BCUT2D eigenvalue weighted by Crippen LogP contribution is 2.39. The SMILES string of the molecule is CC1CC1C(=O)N1CCCC(CS(=O)(=O)NCc2ccccn2)C1. The largest absolute Gasteiger partial charge is 0.342 e. The number of amides is 1. The molecule has 1 saturated carbocycles. The van der Waals surface area contributed by atoms with Crippen LogP contribution in [0.3, 0.4) is 0 Å². The zero-order chi connectivity index (χ0) is 17.2. The minimum absolute atomic E-state index is 0.0120. The van der Waals surface area contributed by atoms with Crippen molar-refractivity contribution in [2.45, 2.75) is 32.7 Å². The summed E-state index contributed by atoms with van der Waals surface area (Å²) in [5.74, 6) is 0.956. The van der Waals surface area contributed by atoms with Gasteiger partial charge in [0.05, 0.1) is 18.0 Å². The number of hydrogen-bond acceptors (Lipinski definition) is 4. The number of hydrogen-bond donors (Lipinski definition) is 1. The molecule has 7 heteroatoms. The molecular weight excluding hydrogens is 326 g/mol. The lowest BCUT2D eigenvalue weighted by Gasteiger charge is -2.33. The van der Waals surface area contributed by atoms with Gasteiger partial charge >= 0.3 is 0 Å². The highest BCUT2D eigenvalue weighted by Gasteiger charge is 2.42. The van der Waals surface area contributed by atoms with Crippen molar-refractivity contribution in [2.24, 2.45) is 17.8 Å². The van der Waals surface area contributed by atoms with Gasteiger partial charge in [0.25, 0.3) is 0 Å². The van der Waals surface area contributed by atoms with Crippen LogP contribution in [-0.4, -0.2) is 43.1 Å². The van der Waals surface area contributed by atoms with E-state index in [1.165, 1.54) is 0 Å². The minimum Gasteiger partial charge on any atom is -0.342 e. The first-order valence-corrected chi connectivity index (χ1v) is 10.3. The smallest absolute Gasteiger partial charge is 0.225 e. The number of nitrogens with zero attached hydrogens (tertiary/aromatic N) is 2. The van der Waals surface area contributed by atoms with Gasteiger partial charge in [-0.15, -0.1) is 0 Å². The molecule has 2 heterocycles. The summed E-state index contributed by atoms with van der Waals surface area (Å²) < 4.78 is 27.2. The Hall–Kier alpha value is -1.47. The molecule has 1 aromatic rings. The third-order valence-electron chi connectivity index (χ3n) is 4.91. The highest BCUT2D eigenvalue weighted by molar-refractivity contribution is 7.89. The van der Waals surface area contributed by atoms with Crippen molar-refractivity contribution in [3.8, 4) is 0 Å². The molecule has 2 aliphatic rings. The second kappa shape index (κ2) is 7.19. The van der Waals surface area contributed by atoms with Gasteiger partial charge in [-0.05, 0) is 43.2 Å². The van der Waals surface area contributed by atoms with Gasteiger partial charge in [0, 0.05) is 25.2 Å². The van der Waals surface area contributed by atoms with E-state index in [1.54, 1.807) is 18.3 Å². The number of likely N-dealkylation sites (tertiary alicyclic amines) is 1. The average molecular weight is 351 g/mol. The van der Waals surface area contributed by atoms with E-state index in [4.69, 9.17) is 0 Å². The molecule has 0 spiro atoms. The van der Waals surface area contributed by atoms with Crippen LogP contribution in [0.25, 0.3) is 0 Å². The van der Waals surface area contributed by atoms with E-state index in [-0.39, 0.29) is 30.0 Å². The summed E-state index contributed by atoms with van der Waals surface area (Å²) in [6.45, 7) is 3.63. The number of nitrogens with one attached hydrogen (secondary N) is 1. The van der Waals surface area contributed by atoms with Gasteiger partial charge in [-0.25, -0.2) is 13.1 Å². The summed E-state index contributed by atoms with van der Waals surface area (Å²) in [7, 11) is -3.37. The number of carbonyl (C=O) groups is 1. The molecule has 0 bridgehead atoms. The van der Waals surface area contributed by atoms with Crippen LogP contribution in [0.2, 0.25) is 0 Å². The fourth-order valence-electron chi connectivity index (χ4n) is 3.36. The van der Waals surface area contributed by atoms with Crippen LogP contribution >= 0.6 is 0 Å². The van der Waals surface area contributed by atoms with Gasteiger partial charge in [-0.3, -0.25) is 9.78 Å². The molecule has 2 fully saturated rings. The topological polar surface area (TPSA) is 79.4 Å². The van der Waals surface area contributed by atoms with E-state index in [1.807, 2.05) is 11.0 Å². The molecule has 6 nitrogen and oxygen atoms in total. The Morgan fingerprint density at radius 1 is 1.42 bits per heavy atom. The van der Waals surface area contributed by atoms with E-state index in [2.05, 4.69) is 16.6 Å². The van der Waals surface area contributed by atoms with E-state index >= 15 is 0 Å². The maximum atomic E-state index is 12.3. The Labute approximate surface area is 143 Å². The van der Waals surface area contributed by atoms with Gasteiger partial charge in [0.2, 0.25) is 15.9 Å². The van der Waals surface area contributed by atoms with Crippen molar-refractivity contribution in [3.63, 3.8) is 0 Å². The molecule has 1 saturated heterocycles. The van der Waals surface area contributed by atoms with E-state index < -0.39 is 10.0 Å². The number of sulfonamides is 1. The lowest BCUT2D eigenvalue weighted by atomic mass is 9.99. The van der Waals surface area contributed by atoms with Gasteiger partial charge in [-0.2, -0.15) is 0 Å². The van der Waals surface area contributed by atoms with Crippen molar-refractivity contribution >= 4 is 15.9 Å². The minimum atomic E-state index is -3.37. The van der Waals surface area contributed by atoms with Gasteiger partial charge < -0.3 is 4.90 Å². The average Bonchev–Trinajstić information content (AvgIpc) is 3.30. The first-order valence-electron chi connectivity index (χ1n) is 8.60. The third kappa shape index (κ3) is 4.54. The first kappa shape index (κ1) is 17.4. The van der Waals surface area contributed by atoms with Gasteiger partial charge in [0.15, 0.2) is 0 Å². The van der Waals surface area contributed by atoms with Crippen molar-refractivity contribution in [3.05, 3.63) is 30.1 Å². The van der Waals surface area contributed by atoms with Gasteiger partial charge in [-0.1, -0.05) is 13.0 Å². The quantitative estimate of drug-likeness (QED) is 0.840. The van der Waals surface area contributed by atoms with Crippen molar-refractivity contribution in [1.82, 2.24) is 14.6 Å². The van der Waals surface area contributed by atoms with E-state index in [9.17, 15) is 13.2 Å². The predicted octanol–water partition coefficient (Wildman–Crippen LogP) is 1.40. The second-order valence-corrected chi connectivity index (χ2v) is 8.89. The van der Waals surface area contributed by atoms with Gasteiger partial charge in [0.1, 0.15) is 0 Å². The lowest BCUT2D eigenvalue weighted by Crippen LogP contribution is -2.44. The van der Waals surface area contributed by atoms with Crippen molar-refractivity contribution in [1.29, 1.82) is 0 Å². The molecule has 3 rings (SSSR count). The molecule has 3 atom stereocenters. The Bertz CT molecular complexity index is 678. The summed E-state index contributed by atoms with van der Waals surface area (Å²) in [5.41, 5.74) is 0.698. The molecule has 1 N–H and O–H groups in total. The molecule has 0 aromatic carbocycles. The maximum Gasteiger partial charge on any atom is 0.225 e. The van der Waals surface area contributed by atoms with E-state index in [0.29, 0.717) is 18.2 Å². The molecular formula is C17H25N3O3S. The van der Waals surface area contributed by atoms with Crippen LogP contribution in [0.5, 0.6) is 0 Å². The van der Waals surface area contributed by atoms with Crippen LogP contribution in [0.15, 0.2) is 24.4 Å². The van der Waals surface area contributed by atoms with Crippen LogP contribution in [0, 0.1) is 17.8 Å². The Morgan fingerprint density at radius 3 is 2.88 bits per heavy atom. The summed E-state index contributed by atoms with van der Waals surface area (Å²) in [5, 5.41) is 0. The van der Waals surface area contributed by atoms with Crippen molar-refractivity contribution < 1.29 is 13.2 Å². The van der Waals surface area contributed by atoms with Crippen LogP contribution < -0.4 is 4.72 Å². The maximum absolute atomic E-state index is 12.3. The number of aromatic nitrogens is 1. The molecule has 1 amide bonds. The monoisotopic (exact) mass is 351 g/mol. The van der Waals surface area contributed by atoms with Crippen molar-refractivity contribution in [2.75, 3.05) is 18.8 Å². The summed E-state index contributed by atoms with van der Waals surface area (Å²) in [4.78, 5) is 18.3. The first-order chi connectivity index (χ1) is 11.4. The fourth-order valence-corrected chi connectivity index (χ4v) is 4.74. The summed E-state index contributed by atoms with van der Waals surface area (Å²) >= 11 is 0. The zero-order valence-electron chi connectivity index (χ0n) is 14.0. The number of carbonyl (C=O) groups excluding carboxylic acids is 1. The molecule has 24 heavy (non-hydrogen) atoms. The third-order valence-corrected chi connectivity index (χ3v) is 6.41. The lowest BCUT2D eigenvalue weighted by molar-refractivity contribution is -0.134. The molecule has 1 aliphatic carbocycles. The number of piperidine rings is 1. The summed E-state index contributed by atoms with van der Waals surface area (Å²) in [6.07, 6.45) is 4.36. The fraction of sp³-hybridized carbons (Fsp3) is 0.647. The number of rotatable bonds is 6. The van der Waals surface area contributed by atoms with Crippen LogP contribution in [0.1, 0.15) is 31.9 Å². The molecule has 132 valence electrons. The molecule has 0 radical (unpaired) electrons. The standard InChI is InChI=1S/C17H25N3O3S/c1-13-9-16(13)17(21)20-8-4-5-14(11-20)12-24(22,23)19-10-15-6-2-3-7-18-15/h2-3,6-7,13-14,16,19H,4-5,8-12H2,1H3. The zero-order valence-corrected chi connectivity index (χ0v) is 14.8. The Morgan fingerprint density at radius 2 is 2.21 bits per heavy atom. The van der Waals surface area contributed by atoms with E-state index in [0.717, 1.165) is 25.8 Å².